The molecule has 1 unspecified atom stereocenters. The van der Waals surface area contributed by atoms with E-state index < -0.39 is 0 Å². The number of hydrogen-bond donors (Lipinski definition) is 1. The molecule has 0 bridgehead atoms. The van der Waals surface area contributed by atoms with E-state index in [1.165, 1.54) is 0 Å². The van der Waals surface area contributed by atoms with Gasteiger partial charge >= 0.3 is 0 Å². The van der Waals surface area contributed by atoms with Gasteiger partial charge in [-0.3, -0.25) is 0 Å². The highest BCUT2D eigenvalue weighted by atomic mass is 79.9. The van der Waals surface area contributed by atoms with E-state index in [2.05, 4.69) is 22.5 Å². The number of benzene rings is 1. The second-order valence-electron chi connectivity index (χ2n) is 3.75. The van der Waals surface area contributed by atoms with Crippen LogP contribution in [-0.2, 0) is 0 Å². The lowest BCUT2D eigenvalue weighted by atomic mass is 10.1. The van der Waals surface area contributed by atoms with Crippen LogP contribution in [0.3, 0.4) is 0 Å². The molecule has 3 heteroatoms. The molecule has 0 aromatic heterocycles. The van der Waals surface area contributed by atoms with Crippen molar-refractivity contribution in [2.45, 2.75) is 25.8 Å². The lowest BCUT2D eigenvalue weighted by Crippen LogP contribution is -2.08. The number of ether oxygens (including phenoxy) is 1. The highest BCUT2D eigenvalue weighted by Crippen LogP contribution is 2.27. The maximum Gasteiger partial charge on any atom is 0.125 e. The minimum Gasteiger partial charge on any atom is -0.493 e. The number of unbranched alkanes of at least 4 members (excludes halogenated alkanes) is 1. The van der Waals surface area contributed by atoms with Crippen LogP contribution in [0.15, 0.2) is 35.3 Å². The Morgan fingerprint density at radius 2 is 2.31 bits per heavy atom. The number of allylic oxidation sites excluding steroid dienone is 1. The Morgan fingerprint density at radius 1 is 1.56 bits per heavy atom. The lowest BCUT2D eigenvalue weighted by Gasteiger charge is -2.14. The molecule has 0 spiro atoms. The van der Waals surface area contributed by atoms with Crippen molar-refractivity contribution in [2.24, 2.45) is 5.73 Å². The van der Waals surface area contributed by atoms with Gasteiger partial charge in [-0.2, -0.15) is 0 Å². The summed E-state index contributed by atoms with van der Waals surface area (Å²) in [5.41, 5.74) is 6.93. The SMILES string of the molecule is C=CCCCOc1cc(Br)ccc1C(C)N. The van der Waals surface area contributed by atoms with Gasteiger partial charge in [0.1, 0.15) is 5.75 Å². The molecular formula is C13H18BrNO. The molecule has 0 aliphatic carbocycles. The summed E-state index contributed by atoms with van der Waals surface area (Å²) in [7, 11) is 0. The van der Waals surface area contributed by atoms with E-state index in [0.29, 0.717) is 6.61 Å². The van der Waals surface area contributed by atoms with Crippen LogP contribution in [0.1, 0.15) is 31.4 Å². The molecule has 0 saturated heterocycles. The summed E-state index contributed by atoms with van der Waals surface area (Å²) in [6, 6.07) is 5.93. The minimum atomic E-state index is -0.0116. The molecule has 0 heterocycles. The van der Waals surface area contributed by atoms with Crippen molar-refractivity contribution in [3.63, 3.8) is 0 Å². The highest BCUT2D eigenvalue weighted by molar-refractivity contribution is 9.10. The Hall–Kier alpha value is -0.800. The highest BCUT2D eigenvalue weighted by Gasteiger charge is 2.08. The fourth-order valence-corrected chi connectivity index (χ4v) is 1.76. The predicted octanol–water partition coefficient (Wildman–Crippen LogP) is 3.81. The molecule has 1 aromatic carbocycles. The average molecular weight is 284 g/mol. The fourth-order valence-electron chi connectivity index (χ4n) is 1.42. The molecule has 0 saturated carbocycles. The Morgan fingerprint density at radius 3 is 2.94 bits per heavy atom. The fraction of sp³-hybridized carbons (Fsp3) is 0.385. The summed E-state index contributed by atoms with van der Waals surface area (Å²) in [5, 5.41) is 0. The molecule has 0 radical (unpaired) electrons. The van der Waals surface area contributed by atoms with E-state index in [1.54, 1.807) is 0 Å². The molecule has 1 rings (SSSR count). The quantitative estimate of drug-likeness (QED) is 0.636. The van der Waals surface area contributed by atoms with Crippen LogP contribution in [-0.4, -0.2) is 6.61 Å². The third-order valence-electron chi connectivity index (χ3n) is 2.28. The molecule has 88 valence electrons. The third kappa shape index (κ3) is 3.99. The van der Waals surface area contributed by atoms with Gasteiger partial charge in [0.15, 0.2) is 0 Å². The van der Waals surface area contributed by atoms with Crippen molar-refractivity contribution in [3.05, 3.63) is 40.9 Å². The zero-order valence-corrected chi connectivity index (χ0v) is 11.2. The van der Waals surface area contributed by atoms with E-state index in [4.69, 9.17) is 10.5 Å². The van der Waals surface area contributed by atoms with Crippen molar-refractivity contribution in [1.29, 1.82) is 0 Å². The first kappa shape index (κ1) is 13.3. The van der Waals surface area contributed by atoms with E-state index in [1.807, 2.05) is 31.2 Å². The zero-order valence-electron chi connectivity index (χ0n) is 9.58. The van der Waals surface area contributed by atoms with Crippen LogP contribution in [0.2, 0.25) is 0 Å². The van der Waals surface area contributed by atoms with Crippen molar-refractivity contribution in [1.82, 2.24) is 0 Å². The van der Waals surface area contributed by atoms with Crippen LogP contribution in [0.4, 0.5) is 0 Å². The summed E-state index contributed by atoms with van der Waals surface area (Å²) < 4.78 is 6.73. The molecule has 0 aliphatic rings. The normalized spacial score (nSPS) is 12.2. The molecule has 1 aromatic rings. The Labute approximate surface area is 106 Å². The van der Waals surface area contributed by atoms with Crippen molar-refractivity contribution in [3.8, 4) is 5.75 Å². The van der Waals surface area contributed by atoms with Crippen LogP contribution in [0, 0.1) is 0 Å². The topological polar surface area (TPSA) is 35.2 Å². The predicted molar refractivity (Wildman–Crippen MR) is 71.7 cm³/mol. The van der Waals surface area contributed by atoms with Crippen molar-refractivity contribution >= 4 is 15.9 Å². The van der Waals surface area contributed by atoms with Gasteiger partial charge in [-0.15, -0.1) is 6.58 Å². The Balaban J connectivity index is 2.68. The minimum absolute atomic E-state index is 0.0116. The smallest absolute Gasteiger partial charge is 0.125 e. The maximum absolute atomic E-state index is 5.88. The second kappa shape index (κ2) is 6.71. The maximum atomic E-state index is 5.88. The van der Waals surface area contributed by atoms with Gasteiger partial charge in [-0.25, -0.2) is 0 Å². The van der Waals surface area contributed by atoms with Crippen molar-refractivity contribution < 1.29 is 4.74 Å². The van der Waals surface area contributed by atoms with Crippen LogP contribution < -0.4 is 10.5 Å². The summed E-state index contributed by atoms with van der Waals surface area (Å²) >= 11 is 3.43. The van der Waals surface area contributed by atoms with Gasteiger partial charge in [-0.1, -0.05) is 28.1 Å². The number of rotatable bonds is 6. The summed E-state index contributed by atoms with van der Waals surface area (Å²) in [6.07, 6.45) is 3.85. The van der Waals surface area contributed by atoms with Crippen LogP contribution >= 0.6 is 15.9 Å². The van der Waals surface area contributed by atoms with E-state index in [-0.39, 0.29) is 6.04 Å². The molecule has 1 atom stereocenters. The Kier molecular flexibility index (Phi) is 5.56. The van der Waals surface area contributed by atoms with E-state index in [0.717, 1.165) is 28.6 Å². The standard InChI is InChI=1S/C13H18BrNO/c1-3-4-5-8-16-13-9-11(14)6-7-12(13)10(2)15/h3,6-7,9-10H,1,4-5,8,15H2,2H3. The molecule has 16 heavy (non-hydrogen) atoms. The lowest BCUT2D eigenvalue weighted by molar-refractivity contribution is 0.307. The van der Waals surface area contributed by atoms with Gasteiger partial charge in [0.25, 0.3) is 0 Å². The monoisotopic (exact) mass is 283 g/mol. The summed E-state index contributed by atoms with van der Waals surface area (Å²) in [4.78, 5) is 0. The Bertz CT molecular complexity index is 350. The first-order chi connectivity index (χ1) is 7.65. The molecule has 0 amide bonds. The largest absolute Gasteiger partial charge is 0.493 e. The average Bonchev–Trinajstić information content (AvgIpc) is 2.24. The van der Waals surface area contributed by atoms with Gasteiger partial charge in [0, 0.05) is 16.1 Å². The molecule has 0 aliphatic heterocycles. The molecule has 0 fully saturated rings. The van der Waals surface area contributed by atoms with Gasteiger partial charge in [-0.05, 0) is 31.9 Å². The molecule has 2 nitrogen and oxygen atoms in total. The van der Waals surface area contributed by atoms with Crippen LogP contribution in [0.5, 0.6) is 5.75 Å². The van der Waals surface area contributed by atoms with Gasteiger partial charge < -0.3 is 10.5 Å². The molecular weight excluding hydrogens is 266 g/mol. The number of hydrogen-bond acceptors (Lipinski definition) is 2. The molecule has 2 N–H and O–H groups in total. The van der Waals surface area contributed by atoms with E-state index in [9.17, 15) is 0 Å². The van der Waals surface area contributed by atoms with Crippen LogP contribution in [0.25, 0.3) is 0 Å². The van der Waals surface area contributed by atoms with Gasteiger partial charge in [0.2, 0.25) is 0 Å². The zero-order chi connectivity index (χ0) is 12.0. The number of halogens is 1. The van der Waals surface area contributed by atoms with E-state index >= 15 is 0 Å². The second-order valence-corrected chi connectivity index (χ2v) is 4.67. The first-order valence-electron chi connectivity index (χ1n) is 5.44. The summed E-state index contributed by atoms with van der Waals surface area (Å²) in [5.74, 6) is 0.869. The number of nitrogens with two attached hydrogens (primary N) is 1. The van der Waals surface area contributed by atoms with Gasteiger partial charge in [0.05, 0.1) is 6.61 Å². The third-order valence-corrected chi connectivity index (χ3v) is 2.77. The van der Waals surface area contributed by atoms with Crippen molar-refractivity contribution in [2.75, 3.05) is 6.61 Å². The summed E-state index contributed by atoms with van der Waals surface area (Å²) in [6.45, 7) is 6.34. The first-order valence-corrected chi connectivity index (χ1v) is 6.23.